The highest BCUT2D eigenvalue weighted by Gasteiger charge is 2.16. The highest BCUT2D eigenvalue weighted by molar-refractivity contribution is 7.90. The van der Waals surface area contributed by atoms with Gasteiger partial charge in [-0.1, -0.05) is 0 Å². The second-order valence-corrected chi connectivity index (χ2v) is 6.79. The van der Waals surface area contributed by atoms with Crippen LogP contribution in [0.15, 0.2) is 18.2 Å². The van der Waals surface area contributed by atoms with E-state index < -0.39 is 27.6 Å². The summed E-state index contributed by atoms with van der Waals surface area (Å²) < 4.78 is 35.1. The van der Waals surface area contributed by atoms with Crippen molar-refractivity contribution in [3.63, 3.8) is 0 Å². The molecule has 1 rings (SSSR count). The molecule has 0 saturated heterocycles. The number of hydrogen-bond donors (Lipinski definition) is 2. The summed E-state index contributed by atoms with van der Waals surface area (Å²) in [6.07, 6.45) is 1.10. The number of carbonyl (C=O) groups excluding carboxylic acids is 1. The molecule has 0 spiro atoms. The van der Waals surface area contributed by atoms with Crippen LogP contribution in [0.5, 0.6) is 0 Å². The maximum atomic E-state index is 13.1. The van der Waals surface area contributed by atoms with Crippen molar-refractivity contribution in [2.24, 2.45) is 5.73 Å². The second kappa shape index (κ2) is 6.12. The van der Waals surface area contributed by atoms with E-state index in [0.717, 1.165) is 6.26 Å². The van der Waals surface area contributed by atoms with E-state index in [1.165, 1.54) is 12.1 Å². The van der Waals surface area contributed by atoms with Gasteiger partial charge in [-0.2, -0.15) is 0 Å². The summed E-state index contributed by atoms with van der Waals surface area (Å²) in [5, 5.41) is 2.46. The molecule has 5 nitrogen and oxygen atoms in total. The molecule has 0 radical (unpaired) electrons. The largest absolute Gasteiger partial charge is 0.325 e. The van der Waals surface area contributed by atoms with Crippen LogP contribution in [-0.4, -0.2) is 32.4 Å². The predicted octanol–water partition coefficient (Wildman–Crippen LogP) is 0.835. The van der Waals surface area contributed by atoms with E-state index in [0.29, 0.717) is 11.3 Å². The van der Waals surface area contributed by atoms with Crippen LogP contribution in [0.2, 0.25) is 0 Å². The lowest BCUT2D eigenvalue weighted by atomic mass is 10.2. The first kappa shape index (κ1) is 15.6. The zero-order valence-electron chi connectivity index (χ0n) is 10.8. The van der Waals surface area contributed by atoms with Crippen LogP contribution in [0.1, 0.15) is 12.0 Å². The van der Waals surface area contributed by atoms with Crippen molar-refractivity contribution in [2.45, 2.75) is 19.4 Å². The Bertz CT molecular complexity index is 552. The van der Waals surface area contributed by atoms with Gasteiger partial charge >= 0.3 is 0 Å². The first-order valence-corrected chi connectivity index (χ1v) is 7.75. The number of nitrogens with two attached hydrogens (primary N) is 1. The van der Waals surface area contributed by atoms with Crippen LogP contribution in [0.3, 0.4) is 0 Å². The van der Waals surface area contributed by atoms with Crippen molar-refractivity contribution < 1.29 is 17.6 Å². The van der Waals surface area contributed by atoms with E-state index in [4.69, 9.17) is 5.73 Å². The first-order chi connectivity index (χ1) is 8.67. The van der Waals surface area contributed by atoms with Crippen LogP contribution in [0.25, 0.3) is 0 Å². The van der Waals surface area contributed by atoms with E-state index in [-0.39, 0.29) is 12.2 Å². The van der Waals surface area contributed by atoms with Gasteiger partial charge in [0.2, 0.25) is 5.91 Å². The van der Waals surface area contributed by atoms with Crippen LogP contribution in [0, 0.1) is 12.7 Å². The fourth-order valence-electron chi connectivity index (χ4n) is 1.52. The molecular weight excluding hydrogens is 271 g/mol. The standard InChI is InChI=1S/C12H17FN2O3S/c1-8-5-9(13)7-10(6-8)15-12(16)11(14)3-4-19(2,17)18/h5-7,11H,3-4,14H2,1-2H3,(H,15,16). The van der Waals surface area contributed by atoms with Crippen molar-refractivity contribution >= 4 is 21.4 Å². The van der Waals surface area contributed by atoms with Crippen molar-refractivity contribution in [3.8, 4) is 0 Å². The van der Waals surface area contributed by atoms with Gasteiger partial charge in [0.25, 0.3) is 0 Å². The van der Waals surface area contributed by atoms with E-state index in [9.17, 15) is 17.6 Å². The predicted molar refractivity (Wildman–Crippen MR) is 72.1 cm³/mol. The third-order valence-electron chi connectivity index (χ3n) is 2.45. The van der Waals surface area contributed by atoms with Crippen LogP contribution in [0.4, 0.5) is 10.1 Å². The van der Waals surface area contributed by atoms with Crippen molar-refractivity contribution in [1.82, 2.24) is 0 Å². The Morgan fingerprint density at radius 2 is 2.05 bits per heavy atom. The molecule has 0 bridgehead atoms. The molecular formula is C12H17FN2O3S. The quantitative estimate of drug-likeness (QED) is 0.840. The lowest BCUT2D eigenvalue weighted by molar-refractivity contribution is -0.117. The molecule has 0 aliphatic carbocycles. The van der Waals surface area contributed by atoms with Gasteiger partial charge in [0, 0.05) is 11.9 Å². The normalized spacial score (nSPS) is 13.1. The summed E-state index contributed by atoms with van der Waals surface area (Å²) in [7, 11) is -3.16. The number of anilines is 1. The van der Waals surface area contributed by atoms with Gasteiger partial charge in [-0.3, -0.25) is 4.79 Å². The molecule has 0 saturated carbocycles. The number of halogens is 1. The smallest absolute Gasteiger partial charge is 0.241 e. The van der Waals surface area contributed by atoms with E-state index in [2.05, 4.69) is 5.32 Å². The Morgan fingerprint density at radius 1 is 1.42 bits per heavy atom. The lowest BCUT2D eigenvalue weighted by Gasteiger charge is -2.12. The van der Waals surface area contributed by atoms with E-state index >= 15 is 0 Å². The molecule has 0 fully saturated rings. The number of hydrogen-bond acceptors (Lipinski definition) is 4. The number of sulfone groups is 1. The first-order valence-electron chi connectivity index (χ1n) is 5.69. The zero-order valence-corrected chi connectivity index (χ0v) is 11.6. The fraction of sp³-hybridized carbons (Fsp3) is 0.417. The van der Waals surface area contributed by atoms with Crippen LogP contribution >= 0.6 is 0 Å². The third-order valence-corrected chi connectivity index (χ3v) is 3.42. The average Bonchev–Trinajstić information content (AvgIpc) is 2.23. The highest BCUT2D eigenvalue weighted by atomic mass is 32.2. The van der Waals surface area contributed by atoms with Crippen LogP contribution < -0.4 is 11.1 Å². The van der Waals surface area contributed by atoms with Gasteiger partial charge in [0.15, 0.2) is 0 Å². The van der Waals surface area contributed by atoms with Crippen LogP contribution in [-0.2, 0) is 14.6 Å². The molecule has 1 unspecified atom stereocenters. The summed E-state index contributed by atoms with van der Waals surface area (Å²) in [6, 6.07) is 3.16. The number of carbonyl (C=O) groups is 1. The molecule has 19 heavy (non-hydrogen) atoms. The molecule has 0 aromatic heterocycles. The SMILES string of the molecule is Cc1cc(F)cc(NC(=O)C(N)CCS(C)(=O)=O)c1. The average molecular weight is 288 g/mol. The highest BCUT2D eigenvalue weighted by Crippen LogP contribution is 2.13. The van der Waals surface area contributed by atoms with Gasteiger partial charge in [-0.25, -0.2) is 12.8 Å². The third kappa shape index (κ3) is 5.80. The minimum atomic E-state index is -3.16. The summed E-state index contributed by atoms with van der Waals surface area (Å²) >= 11 is 0. The number of rotatable bonds is 5. The topological polar surface area (TPSA) is 89.3 Å². The van der Waals surface area contributed by atoms with Gasteiger partial charge < -0.3 is 11.1 Å². The Kier molecular flexibility index (Phi) is 5.02. The van der Waals surface area contributed by atoms with Crippen molar-refractivity contribution in [3.05, 3.63) is 29.6 Å². The summed E-state index contributed by atoms with van der Waals surface area (Å²) in [5.41, 5.74) is 6.55. The van der Waals surface area contributed by atoms with E-state index in [1.54, 1.807) is 13.0 Å². The molecule has 0 aliphatic rings. The second-order valence-electron chi connectivity index (χ2n) is 4.53. The fourth-order valence-corrected chi connectivity index (χ4v) is 2.20. The van der Waals surface area contributed by atoms with E-state index in [1.807, 2.05) is 0 Å². The minimum Gasteiger partial charge on any atom is -0.325 e. The number of nitrogens with one attached hydrogen (secondary N) is 1. The molecule has 106 valence electrons. The Hall–Kier alpha value is -1.47. The van der Waals surface area contributed by atoms with Gasteiger partial charge in [-0.15, -0.1) is 0 Å². The van der Waals surface area contributed by atoms with Crippen molar-refractivity contribution in [1.29, 1.82) is 0 Å². The molecule has 7 heteroatoms. The lowest BCUT2D eigenvalue weighted by Crippen LogP contribution is -2.37. The Balaban J connectivity index is 2.63. The molecule has 1 aromatic carbocycles. The minimum absolute atomic E-state index is 0.0268. The molecule has 1 aromatic rings. The summed E-state index contributed by atoms with van der Waals surface area (Å²) in [5.74, 6) is -1.15. The summed E-state index contributed by atoms with van der Waals surface area (Å²) in [6.45, 7) is 1.70. The van der Waals surface area contributed by atoms with Gasteiger partial charge in [-0.05, 0) is 37.1 Å². The molecule has 3 N–H and O–H groups in total. The maximum absolute atomic E-state index is 13.1. The molecule has 1 atom stereocenters. The maximum Gasteiger partial charge on any atom is 0.241 e. The van der Waals surface area contributed by atoms with Gasteiger partial charge in [0.1, 0.15) is 15.7 Å². The number of benzene rings is 1. The molecule has 0 heterocycles. The molecule has 0 aliphatic heterocycles. The Morgan fingerprint density at radius 3 is 2.58 bits per heavy atom. The summed E-state index contributed by atoms with van der Waals surface area (Å²) in [4.78, 5) is 11.7. The van der Waals surface area contributed by atoms with Gasteiger partial charge in [0.05, 0.1) is 11.8 Å². The molecule has 1 amide bonds. The number of amides is 1. The Labute approximate surface area is 111 Å². The monoisotopic (exact) mass is 288 g/mol. The number of aryl methyl sites for hydroxylation is 1. The van der Waals surface area contributed by atoms with Crippen molar-refractivity contribution in [2.75, 3.05) is 17.3 Å². The zero-order chi connectivity index (χ0) is 14.6.